The normalized spacial score (nSPS) is 12.8. The molecule has 0 bridgehead atoms. The second-order valence-electron chi connectivity index (χ2n) is 3.43. The lowest BCUT2D eigenvalue weighted by molar-refractivity contribution is 0.558. The van der Waals surface area contributed by atoms with Gasteiger partial charge in [-0.05, 0) is 32.0 Å². The first-order valence-corrected chi connectivity index (χ1v) is 4.88. The monoisotopic (exact) mass is 178 g/mol. The molecule has 13 heavy (non-hydrogen) atoms. The third kappa shape index (κ3) is 3.15. The number of pyridine rings is 1. The Bertz CT molecular complexity index is 258. The zero-order valence-corrected chi connectivity index (χ0v) is 8.67. The molecule has 1 aromatic rings. The smallest absolute Gasteiger partial charge is 0.0448 e. The number of nitrogens with one attached hydrogen (secondary N) is 1. The lowest BCUT2D eigenvalue weighted by atomic mass is 10.1. The van der Waals surface area contributed by atoms with Gasteiger partial charge in [0, 0.05) is 24.4 Å². The van der Waals surface area contributed by atoms with Gasteiger partial charge in [-0.15, -0.1) is 0 Å². The minimum absolute atomic E-state index is 0.513. The molecule has 0 saturated heterocycles. The molecule has 0 spiro atoms. The van der Waals surface area contributed by atoms with Gasteiger partial charge in [-0.3, -0.25) is 4.98 Å². The summed E-state index contributed by atoms with van der Waals surface area (Å²) in [7, 11) is 0. The molecule has 0 aromatic carbocycles. The maximum Gasteiger partial charge on any atom is 0.0448 e. The Morgan fingerprint density at radius 3 is 2.92 bits per heavy atom. The number of aryl methyl sites for hydroxylation is 1. The van der Waals surface area contributed by atoms with Crippen molar-refractivity contribution in [1.82, 2.24) is 10.3 Å². The van der Waals surface area contributed by atoms with Crippen LogP contribution in [0.2, 0.25) is 0 Å². The van der Waals surface area contributed by atoms with Crippen molar-refractivity contribution < 1.29 is 0 Å². The molecule has 0 amide bonds. The van der Waals surface area contributed by atoms with Gasteiger partial charge in [0.15, 0.2) is 0 Å². The standard InChI is InChI=1S/C11H18N2/c1-4-12-10(3)8-11-9(2)6-5-7-13-11/h5-7,10,12H,4,8H2,1-3H3/t10-/m1/s1. The highest BCUT2D eigenvalue weighted by Gasteiger charge is 2.04. The van der Waals surface area contributed by atoms with E-state index in [4.69, 9.17) is 0 Å². The first-order valence-electron chi connectivity index (χ1n) is 4.88. The molecule has 2 nitrogen and oxygen atoms in total. The van der Waals surface area contributed by atoms with Crippen molar-refractivity contribution in [2.75, 3.05) is 6.54 Å². The Morgan fingerprint density at radius 1 is 1.54 bits per heavy atom. The van der Waals surface area contributed by atoms with Gasteiger partial charge in [0.05, 0.1) is 0 Å². The number of hydrogen-bond acceptors (Lipinski definition) is 2. The van der Waals surface area contributed by atoms with Gasteiger partial charge >= 0.3 is 0 Å². The summed E-state index contributed by atoms with van der Waals surface area (Å²) in [6, 6.07) is 4.61. The number of nitrogens with zero attached hydrogens (tertiary/aromatic N) is 1. The SMILES string of the molecule is CCN[C@H](C)Cc1ncccc1C. The van der Waals surface area contributed by atoms with Gasteiger partial charge < -0.3 is 5.32 Å². The summed E-state index contributed by atoms with van der Waals surface area (Å²) in [6.45, 7) is 7.45. The van der Waals surface area contributed by atoms with Crippen molar-refractivity contribution in [3.05, 3.63) is 29.6 Å². The Hall–Kier alpha value is -0.890. The number of rotatable bonds is 4. The highest BCUT2D eigenvalue weighted by Crippen LogP contribution is 2.05. The zero-order chi connectivity index (χ0) is 9.68. The van der Waals surface area contributed by atoms with Crippen LogP contribution >= 0.6 is 0 Å². The van der Waals surface area contributed by atoms with Gasteiger partial charge in [0.25, 0.3) is 0 Å². The van der Waals surface area contributed by atoms with Gasteiger partial charge in [-0.1, -0.05) is 13.0 Å². The predicted octanol–water partition coefficient (Wildman–Crippen LogP) is 1.93. The minimum atomic E-state index is 0.513. The van der Waals surface area contributed by atoms with Crippen molar-refractivity contribution in [1.29, 1.82) is 0 Å². The van der Waals surface area contributed by atoms with Crippen LogP contribution in [-0.4, -0.2) is 17.6 Å². The molecule has 0 saturated carbocycles. The van der Waals surface area contributed by atoms with E-state index < -0.39 is 0 Å². The number of likely N-dealkylation sites (N-methyl/N-ethyl adjacent to an activating group) is 1. The van der Waals surface area contributed by atoms with Gasteiger partial charge in [0.2, 0.25) is 0 Å². The maximum atomic E-state index is 4.36. The van der Waals surface area contributed by atoms with E-state index in [0.29, 0.717) is 6.04 Å². The van der Waals surface area contributed by atoms with Crippen LogP contribution in [-0.2, 0) is 6.42 Å². The fourth-order valence-electron chi connectivity index (χ4n) is 1.44. The highest BCUT2D eigenvalue weighted by molar-refractivity contribution is 5.18. The Labute approximate surface area is 80.4 Å². The van der Waals surface area contributed by atoms with Crippen LogP contribution in [0.1, 0.15) is 25.1 Å². The Morgan fingerprint density at radius 2 is 2.31 bits per heavy atom. The largest absolute Gasteiger partial charge is 0.314 e. The topological polar surface area (TPSA) is 24.9 Å². The molecule has 1 N–H and O–H groups in total. The fraction of sp³-hybridized carbons (Fsp3) is 0.545. The summed E-state index contributed by atoms with van der Waals surface area (Å²) >= 11 is 0. The molecule has 0 unspecified atom stereocenters. The van der Waals surface area contributed by atoms with Crippen molar-refractivity contribution in [2.24, 2.45) is 0 Å². The fourth-order valence-corrected chi connectivity index (χ4v) is 1.44. The van der Waals surface area contributed by atoms with E-state index >= 15 is 0 Å². The van der Waals surface area contributed by atoms with Crippen LogP contribution in [0.25, 0.3) is 0 Å². The number of aromatic nitrogens is 1. The van der Waals surface area contributed by atoms with Gasteiger partial charge in [-0.2, -0.15) is 0 Å². The molecule has 1 rings (SSSR count). The van der Waals surface area contributed by atoms with E-state index in [1.807, 2.05) is 12.3 Å². The molecule has 0 fully saturated rings. The van der Waals surface area contributed by atoms with Gasteiger partial charge in [-0.25, -0.2) is 0 Å². The molecule has 0 aliphatic heterocycles. The average Bonchev–Trinajstić information content (AvgIpc) is 2.09. The van der Waals surface area contributed by atoms with Gasteiger partial charge in [0.1, 0.15) is 0 Å². The predicted molar refractivity (Wildman–Crippen MR) is 55.8 cm³/mol. The molecule has 72 valence electrons. The van der Waals surface area contributed by atoms with E-state index in [0.717, 1.165) is 13.0 Å². The first kappa shape index (κ1) is 10.2. The number of hydrogen-bond donors (Lipinski definition) is 1. The van der Waals surface area contributed by atoms with Crippen LogP contribution in [0.3, 0.4) is 0 Å². The molecule has 2 heteroatoms. The van der Waals surface area contributed by atoms with Crippen LogP contribution < -0.4 is 5.32 Å². The molecule has 0 aliphatic rings. The van der Waals surface area contributed by atoms with E-state index in [-0.39, 0.29) is 0 Å². The van der Waals surface area contributed by atoms with E-state index in [1.54, 1.807) is 0 Å². The minimum Gasteiger partial charge on any atom is -0.314 e. The molecule has 1 aromatic heterocycles. The van der Waals surface area contributed by atoms with E-state index in [2.05, 4.69) is 37.1 Å². The van der Waals surface area contributed by atoms with Crippen LogP contribution in [0.15, 0.2) is 18.3 Å². The van der Waals surface area contributed by atoms with Crippen molar-refractivity contribution in [3.8, 4) is 0 Å². The van der Waals surface area contributed by atoms with Crippen LogP contribution in [0.4, 0.5) is 0 Å². The first-order chi connectivity index (χ1) is 6.24. The maximum absolute atomic E-state index is 4.36. The lowest BCUT2D eigenvalue weighted by Gasteiger charge is -2.12. The van der Waals surface area contributed by atoms with Crippen LogP contribution in [0.5, 0.6) is 0 Å². The lowest BCUT2D eigenvalue weighted by Crippen LogP contribution is -2.28. The third-order valence-electron chi connectivity index (χ3n) is 2.17. The van der Waals surface area contributed by atoms with Crippen LogP contribution in [0, 0.1) is 6.92 Å². The summed E-state index contributed by atoms with van der Waals surface area (Å²) in [6.07, 6.45) is 2.88. The molecule has 0 radical (unpaired) electrons. The molecule has 1 atom stereocenters. The molecule has 1 heterocycles. The summed E-state index contributed by atoms with van der Waals surface area (Å²) in [5.74, 6) is 0. The van der Waals surface area contributed by atoms with E-state index in [9.17, 15) is 0 Å². The zero-order valence-electron chi connectivity index (χ0n) is 8.67. The highest BCUT2D eigenvalue weighted by atomic mass is 14.9. The molecular formula is C11H18N2. The Balaban J connectivity index is 2.58. The summed E-state index contributed by atoms with van der Waals surface area (Å²) in [5.41, 5.74) is 2.49. The van der Waals surface area contributed by atoms with E-state index in [1.165, 1.54) is 11.3 Å². The second-order valence-corrected chi connectivity index (χ2v) is 3.43. The summed E-state index contributed by atoms with van der Waals surface area (Å²) in [5, 5.41) is 3.38. The summed E-state index contributed by atoms with van der Waals surface area (Å²) in [4.78, 5) is 4.36. The molecular weight excluding hydrogens is 160 g/mol. The second kappa shape index (κ2) is 4.97. The molecule has 0 aliphatic carbocycles. The summed E-state index contributed by atoms with van der Waals surface area (Å²) < 4.78 is 0. The van der Waals surface area contributed by atoms with Crippen molar-refractivity contribution >= 4 is 0 Å². The van der Waals surface area contributed by atoms with Crippen molar-refractivity contribution in [2.45, 2.75) is 33.2 Å². The Kier molecular flexibility index (Phi) is 3.90. The quantitative estimate of drug-likeness (QED) is 0.762. The average molecular weight is 178 g/mol. The van der Waals surface area contributed by atoms with Crippen molar-refractivity contribution in [3.63, 3.8) is 0 Å². The third-order valence-corrected chi connectivity index (χ3v) is 2.17.